The van der Waals surface area contributed by atoms with E-state index in [4.69, 9.17) is 0 Å². The molecule has 0 amide bonds. The minimum absolute atomic E-state index is 0.0842. The number of nitrogens with zero attached hydrogens (tertiary/aromatic N) is 2. The van der Waals surface area contributed by atoms with Crippen LogP contribution < -0.4 is 4.72 Å². The summed E-state index contributed by atoms with van der Waals surface area (Å²) in [5.74, 6) is -0.834. The van der Waals surface area contributed by atoms with Crippen LogP contribution in [0.5, 0.6) is 0 Å². The Hall–Kier alpha value is -1.41. The van der Waals surface area contributed by atoms with Crippen LogP contribution in [0.1, 0.15) is 51.4 Å². The first kappa shape index (κ1) is 19.6. The average molecular weight is 345 g/mol. The Balaban J connectivity index is 3.12. The molecule has 23 heavy (non-hydrogen) atoms. The van der Waals surface area contributed by atoms with Crippen molar-refractivity contribution >= 4 is 16.0 Å². The van der Waals surface area contributed by atoms with Crippen molar-refractivity contribution in [3.8, 4) is 0 Å². The Kier molecular flexibility index (Phi) is 6.76. The van der Waals surface area contributed by atoms with Gasteiger partial charge >= 0.3 is 5.97 Å². The van der Waals surface area contributed by atoms with Crippen LogP contribution in [0.2, 0.25) is 0 Å². The highest BCUT2D eigenvalue weighted by atomic mass is 32.2. The number of rotatable bonds is 9. The highest BCUT2D eigenvalue weighted by molar-refractivity contribution is 7.89. The fourth-order valence-electron chi connectivity index (χ4n) is 2.48. The molecule has 0 aliphatic rings. The fourth-order valence-corrected chi connectivity index (χ4v) is 4.12. The Morgan fingerprint density at radius 2 is 1.96 bits per heavy atom. The number of carboxylic acid groups (broad SMARTS) is 1. The van der Waals surface area contributed by atoms with Gasteiger partial charge in [-0.1, -0.05) is 33.6 Å². The topological polar surface area (TPSA) is 101 Å². The van der Waals surface area contributed by atoms with Gasteiger partial charge in [-0.3, -0.25) is 9.48 Å². The monoisotopic (exact) mass is 345 g/mol. The smallest absolute Gasteiger partial charge is 0.321 e. The summed E-state index contributed by atoms with van der Waals surface area (Å²) in [7, 11) is -3.93. The summed E-state index contributed by atoms with van der Waals surface area (Å²) in [6.07, 6.45) is 1.71. The molecule has 0 saturated heterocycles. The zero-order valence-electron chi connectivity index (χ0n) is 14.5. The van der Waals surface area contributed by atoms with Crippen LogP contribution in [0.25, 0.3) is 0 Å². The molecular weight excluding hydrogens is 318 g/mol. The summed E-state index contributed by atoms with van der Waals surface area (Å²) in [5, 5.41) is 13.5. The Labute approximate surface area is 138 Å². The van der Waals surface area contributed by atoms with Gasteiger partial charge in [0, 0.05) is 6.54 Å². The molecule has 1 unspecified atom stereocenters. The van der Waals surface area contributed by atoms with Crippen molar-refractivity contribution in [2.45, 2.75) is 71.4 Å². The maximum absolute atomic E-state index is 12.6. The number of nitrogens with one attached hydrogen (secondary N) is 1. The lowest BCUT2D eigenvalue weighted by Crippen LogP contribution is -2.41. The molecule has 132 valence electrons. The van der Waals surface area contributed by atoms with Gasteiger partial charge in [-0.15, -0.1) is 0 Å². The minimum atomic E-state index is -3.93. The van der Waals surface area contributed by atoms with E-state index in [2.05, 4.69) is 9.82 Å². The Morgan fingerprint density at radius 3 is 2.43 bits per heavy atom. The third kappa shape index (κ3) is 5.04. The van der Waals surface area contributed by atoms with Crippen LogP contribution in [0, 0.1) is 19.8 Å². The molecule has 0 spiro atoms. The van der Waals surface area contributed by atoms with E-state index in [1.165, 1.54) is 0 Å². The first-order chi connectivity index (χ1) is 10.6. The second-order valence-electron chi connectivity index (χ2n) is 6.23. The first-order valence-electron chi connectivity index (χ1n) is 7.89. The van der Waals surface area contributed by atoms with Crippen LogP contribution in [0.15, 0.2) is 4.90 Å². The van der Waals surface area contributed by atoms with Gasteiger partial charge in [0.2, 0.25) is 10.0 Å². The van der Waals surface area contributed by atoms with Crippen molar-refractivity contribution in [2.75, 3.05) is 0 Å². The molecule has 1 aromatic rings. The second kappa shape index (κ2) is 7.92. The SMILES string of the molecule is CCCCC(NS(=O)(=O)c1c(C)nn(CC(C)C)c1C)C(=O)O. The molecule has 1 heterocycles. The predicted molar refractivity (Wildman–Crippen MR) is 87.8 cm³/mol. The van der Waals surface area contributed by atoms with Gasteiger partial charge in [0.05, 0.1) is 11.4 Å². The number of carbonyl (C=O) groups is 1. The fraction of sp³-hybridized carbons (Fsp3) is 0.733. The van der Waals surface area contributed by atoms with Gasteiger partial charge in [0.15, 0.2) is 0 Å². The summed E-state index contributed by atoms with van der Waals surface area (Å²) >= 11 is 0. The van der Waals surface area contributed by atoms with E-state index in [1.807, 2.05) is 20.8 Å². The molecule has 0 aliphatic heterocycles. The van der Waals surface area contributed by atoms with Gasteiger partial charge < -0.3 is 5.11 Å². The van der Waals surface area contributed by atoms with Crippen LogP contribution in [0.3, 0.4) is 0 Å². The van der Waals surface area contributed by atoms with Gasteiger partial charge in [-0.05, 0) is 26.2 Å². The van der Waals surface area contributed by atoms with Gasteiger partial charge in [-0.2, -0.15) is 9.82 Å². The summed E-state index contributed by atoms with van der Waals surface area (Å²) in [6.45, 7) is 9.90. The van der Waals surface area contributed by atoms with Gasteiger partial charge in [0.25, 0.3) is 0 Å². The normalized spacial score (nSPS) is 13.5. The summed E-state index contributed by atoms with van der Waals surface area (Å²) in [5.41, 5.74) is 0.915. The largest absolute Gasteiger partial charge is 0.480 e. The van der Waals surface area contributed by atoms with E-state index >= 15 is 0 Å². The quantitative estimate of drug-likeness (QED) is 0.713. The number of aliphatic carboxylic acids is 1. The van der Waals surface area contributed by atoms with E-state index in [0.717, 1.165) is 6.42 Å². The van der Waals surface area contributed by atoms with Crippen molar-refractivity contribution in [3.63, 3.8) is 0 Å². The second-order valence-corrected chi connectivity index (χ2v) is 7.88. The van der Waals surface area contributed by atoms with Crippen molar-refractivity contribution in [3.05, 3.63) is 11.4 Å². The van der Waals surface area contributed by atoms with E-state index in [0.29, 0.717) is 30.3 Å². The molecule has 1 rings (SSSR count). The molecule has 1 atom stereocenters. The van der Waals surface area contributed by atoms with E-state index in [-0.39, 0.29) is 11.3 Å². The predicted octanol–water partition coefficient (Wildman–Crippen LogP) is 2.08. The molecule has 0 saturated carbocycles. The zero-order chi connectivity index (χ0) is 17.8. The van der Waals surface area contributed by atoms with Crippen LogP contribution in [-0.4, -0.2) is 35.3 Å². The number of hydrogen-bond acceptors (Lipinski definition) is 4. The summed E-state index contributed by atoms with van der Waals surface area (Å²) in [6, 6.07) is -1.12. The van der Waals surface area contributed by atoms with Gasteiger partial charge in [0.1, 0.15) is 10.9 Å². The number of hydrogen-bond donors (Lipinski definition) is 2. The standard InChI is InChI=1S/C15H27N3O4S/c1-6-7-8-13(15(19)20)17-23(21,22)14-11(4)16-18(12(14)5)9-10(2)3/h10,13,17H,6-9H2,1-5H3,(H,19,20). The van der Waals surface area contributed by atoms with Gasteiger partial charge in [-0.25, -0.2) is 8.42 Å². The minimum Gasteiger partial charge on any atom is -0.480 e. The molecule has 0 radical (unpaired) electrons. The Bertz CT molecular complexity index is 650. The number of unbranched alkanes of at least 4 members (excludes halogenated alkanes) is 1. The molecule has 0 aromatic carbocycles. The lowest BCUT2D eigenvalue weighted by atomic mass is 10.1. The number of sulfonamides is 1. The molecule has 0 aliphatic carbocycles. The van der Waals surface area contributed by atoms with Crippen LogP contribution in [-0.2, 0) is 21.4 Å². The zero-order valence-corrected chi connectivity index (χ0v) is 15.3. The van der Waals surface area contributed by atoms with Crippen LogP contribution in [0.4, 0.5) is 0 Å². The lowest BCUT2D eigenvalue weighted by Gasteiger charge is -2.15. The molecule has 1 aromatic heterocycles. The maximum atomic E-state index is 12.6. The van der Waals surface area contributed by atoms with Crippen molar-refractivity contribution < 1.29 is 18.3 Å². The molecule has 8 heteroatoms. The van der Waals surface area contributed by atoms with E-state index in [9.17, 15) is 18.3 Å². The van der Waals surface area contributed by atoms with Crippen molar-refractivity contribution in [1.82, 2.24) is 14.5 Å². The highest BCUT2D eigenvalue weighted by Crippen LogP contribution is 2.21. The average Bonchev–Trinajstić information content (AvgIpc) is 2.68. The number of aryl methyl sites for hydroxylation is 1. The third-order valence-corrected chi connectivity index (χ3v) is 5.29. The molecular formula is C15H27N3O4S. The molecule has 2 N–H and O–H groups in total. The Morgan fingerprint density at radius 1 is 1.35 bits per heavy atom. The lowest BCUT2D eigenvalue weighted by molar-refractivity contribution is -0.139. The van der Waals surface area contributed by atoms with E-state index < -0.39 is 22.0 Å². The number of carboxylic acids is 1. The van der Waals surface area contributed by atoms with Crippen molar-refractivity contribution in [2.24, 2.45) is 5.92 Å². The highest BCUT2D eigenvalue weighted by Gasteiger charge is 2.30. The van der Waals surface area contributed by atoms with E-state index in [1.54, 1.807) is 18.5 Å². The molecule has 7 nitrogen and oxygen atoms in total. The molecule has 0 bridgehead atoms. The van der Waals surface area contributed by atoms with Crippen molar-refractivity contribution in [1.29, 1.82) is 0 Å². The molecule has 0 fully saturated rings. The summed E-state index contributed by atoms with van der Waals surface area (Å²) < 4.78 is 29.2. The van der Waals surface area contributed by atoms with Crippen LogP contribution >= 0.6 is 0 Å². The number of aromatic nitrogens is 2. The maximum Gasteiger partial charge on any atom is 0.321 e. The summed E-state index contributed by atoms with van der Waals surface area (Å²) in [4.78, 5) is 11.4. The first-order valence-corrected chi connectivity index (χ1v) is 9.37. The third-order valence-electron chi connectivity index (χ3n) is 3.56.